The molecule has 0 radical (unpaired) electrons. The zero-order valence-corrected chi connectivity index (χ0v) is 13.8. The number of rotatable bonds is 2. The SMILES string of the molecule is CC1C(c2ccccc2)CCN1C(=O)C1CCCCC1(C)N. The second-order valence-electron chi connectivity index (χ2n) is 7.38. The van der Waals surface area contributed by atoms with Crippen LogP contribution in [-0.2, 0) is 4.79 Å². The molecule has 1 saturated carbocycles. The predicted molar refractivity (Wildman–Crippen MR) is 89.5 cm³/mol. The first-order chi connectivity index (χ1) is 10.5. The number of amides is 1. The van der Waals surface area contributed by atoms with Crippen molar-refractivity contribution in [2.45, 2.75) is 63.5 Å². The maximum atomic E-state index is 13.0. The summed E-state index contributed by atoms with van der Waals surface area (Å²) in [6, 6.07) is 10.9. The molecule has 22 heavy (non-hydrogen) atoms. The van der Waals surface area contributed by atoms with Crippen molar-refractivity contribution in [3.05, 3.63) is 35.9 Å². The Labute approximate surface area is 133 Å². The zero-order valence-electron chi connectivity index (χ0n) is 13.8. The molecule has 2 aliphatic rings. The van der Waals surface area contributed by atoms with E-state index in [1.807, 2.05) is 6.07 Å². The standard InChI is InChI=1S/C19H28N2O/c1-14-16(15-8-4-3-5-9-15)11-13-21(14)18(22)17-10-6-7-12-19(17,2)20/h3-5,8-9,14,16-17H,6-7,10-13,20H2,1-2H3. The number of hydrogen-bond acceptors (Lipinski definition) is 2. The number of nitrogens with two attached hydrogens (primary N) is 1. The fraction of sp³-hybridized carbons (Fsp3) is 0.632. The molecular formula is C19H28N2O. The minimum Gasteiger partial charge on any atom is -0.339 e. The molecule has 1 amide bonds. The second-order valence-corrected chi connectivity index (χ2v) is 7.38. The third kappa shape index (κ3) is 2.79. The molecule has 0 bridgehead atoms. The van der Waals surface area contributed by atoms with Gasteiger partial charge in [0.05, 0.1) is 5.92 Å². The molecule has 3 nitrogen and oxygen atoms in total. The average Bonchev–Trinajstić information content (AvgIpc) is 2.89. The minimum atomic E-state index is -0.333. The number of hydrogen-bond donors (Lipinski definition) is 1. The van der Waals surface area contributed by atoms with Crippen molar-refractivity contribution in [3.63, 3.8) is 0 Å². The van der Waals surface area contributed by atoms with Gasteiger partial charge in [-0.1, -0.05) is 43.2 Å². The molecule has 4 unspecified atom stereocenters. The van der Waals surface area contributed by atoms with Crippen LogP contribution in [0.15, 0.2) is 30.3 Å². The van der Waals surface area contributed by atoms with Gasteiger partial charge in [-0.25, -0.2) is 0 Å². The van der Waals surface area contributed by atoms with Crippen LogP contribution < -0.4 is 5.73 Å². The van der Waals surface area contributed by atoms with Crippen LogP contribution in [0.25, 0.3) is 0 Å². The first kappa shape index (κ1) is 15.5. The monoisotopic (exact) mass is 300 g/mol. The Morgan fingerprint density at radius 1 is 1.23 bits per heavy atom. The van der Waals surface area contributed by atoms with E-state index in [1.54, 1.807) is 0 Å². The van der Waals surface area contributed by atoms with E-state index in [0.717, 1.165) is 38.6 Å². The summed E-state index contributed by atoms with van der Waals surface area (Å²) in [5.41, 5.74) is 7.45. The second kappa shape index (κ2) is 6.04. The topological polar surface area (TPSA) is 46.3 Å². The Morgan fingerprint density at radius 3 is 2.64 bits per heavy atom. The molecule has 3 rings (SSSR count). The van der Waals surface area contributed by atoms with Gasteiger partial charge in [0.15, 0.2) is 0 Å². The molecule has 2 fully saturated rings. The highest BCUT2D eigenvalue weighted by Gasteiger charge is 2.43. The summed E-state index contributed by atoms with van der Waals surface area (Å²) in [6.45, 7) is 5.12. The number of nitrogens with zero attached hydrogens (tertiary/aromatic N) is 1. The van der Waals surface area contributed by atoms with Crippen molar-refractivity contribution in [1.29, 1.82) is 0 Å². The van der Waals surface area contributed by atoms with Crippen LogP contribution >= 0.6 is 0 Å². The Bertz CT molecular complexity index is 525. The van der Waals surface area contributed by atoms with Crippen molar-refractivity contribution in [2.75, 3.05) is 6.54 Å². The van der Waals surface area contributed by atoms with Crippen molar-refractivity contribution in [2.24, 2.45) is 11.7 Å². The van der Waals surface area contributed by atoms with Gasteiger partial charge in [-0.3, -0.25) is 4.79 Å². The van der Waals surface area contributed by atoms with E-state index >= 15 is 0 Å². The van der Waals surface area contributed by atoms with Crippen LogP contribution in [0.1, 0.15) is 57.4 Å². The number of carbonyl (C=O) groups excluding carboxylic acids is 1. The van der Waals surface area contributed by atoms with E-state index in [9.17, 15) is 4.79 Å². The van der Waals surface area contributed by atoms with Crippen LogP contribution in [0.3, 0.4) is 0 Å². The Morgan fingerprint density at radius 2 is 1.95 bits per heavy atom. The lowest BCUT2D eigenvalue weighted by Crippen LogP contribution is -2.54. The third-order valence-corrected chi connectivity index (χ3v) is 5.82. The summed E-state index contributed by atoms with van der Waals surface area (Å²) in [7, 11) is 0. The summed E-state index contributed by atoms with van der Waals surface area (Å²) >= 11 is 0. The Hall–Kier alpha value is -1.35. The molecule has 4 atom stereocenters. The van der Waals surface area contributed by atoms with Crippen LogP contribution in [0.4, 0.5) is 0 Å². The molecule has 1 aliphatic carbocycles. The van der Waals surface area contributed by atoms with Gasteiger partial charge in [0, 0.05) is 24.0 Å². The smallest absolute Gasteiger partial charge is 0.227 e. The van der Waals surface area contributed by atoms with Crippen molar-refractivity contribution < 1.29 is 4.79 Å². The van der Waals surface area contributed by atoms with E-state index in [-0.39, 0.29) is 23.4 Å². The predicted octanol–water partition coefficient (Wildman–Crippen LogP) is 3.30. The van der Waals surface area contributed by atoms with Gasteiger partial charge >= 0.3 is 0 Å². The van der Waals surface area contributed by atoms with Crippen molar-refractivity contribution in [1.82, 2.24) is 4.90 Å². The Kier molecular flexibility index (Phi) is 4.26. The lowest BCUT2D eigenvalue weighted by Gasteiger charge is -2.40. The van der Waals surface area contributed by atoms with Gasteiger partial charge in [0.25, 0.3) is 0 Å². The first-order valence-corrected chi connectivity index (χ1v) is 8.65. The fourth-order valence-corrected chi connectivity index (χ4v) is 4.36. The average molecular weight is 300 g/mol. The molecule has 1 aliphatic heterocycles. The molecule has 1 aromatic rings. The summed E-state index contributed by atoms with van der Waals surface area (Å²) in [5, 5.41) is 0. The number of benzene rings is 1. The van der Waals surface area contributed by atoms with E-state index in [2.05, 4.69) is 43.0 Å². The molecule has 1 heterocycles. The normalized spacial score (nSPS) is 35.6. The zero-order chi connectivity index (χ0) is 15.7. The van der Waals surface area contributed by atoms with Gasteiger partial charge in [-0.2, -0.15) is 0 Å². The fourth-order valence-electron chi connectivity index (χ4n) is 4.36. The molecule has 1 aromatic carbocycles. The molecular weight excluding hydrogens is 272 g/mol. The molecule has 120 valence electrons. The van der Waals surface area contributed by atoms with Crippen LogP contribution in [0, 0.1) is 5.92 Å². The highest BCUT2D eigenvalue weighted by atomic mass is 16.2. The maximum Gasteiger partial charge on any atom is 0.227 e. The number of likely N-dealkylation sites (tertiary alicyclic amines) is 1. The lowest BCUT2D eigenvalue weighted by atomic mass is 9.74. The van der Waals surface area contributed by atoms with Gasteiger partial charge < -0.3 is 10.6 Å². The van der Waals surface area contributed by atoms with Crippen molar-refractivity contribution in [3.8, 4) is 0 Å². The van der Waals surface area contributed by atoms with Crippen LogP contribution in [-0.4, -0.2) is 28.9 Å². The van der Waals surface area contributed by atoms with E-state index in [1.165, 1.54) is 5.56 Å². The first-order valence-electron chi connectivity index (χ1n) is 8.65. The van der Waals surface area contributed by atoms with Gasteiger partial charge in [-0.05, 0) is 38.7 Å². The quantitative estimate of drug-likeness (QED) is 0.911. The van der Waals surface area contributed by atoms with Gasteiger partial charge in [-0.15, -0.1) is 0 Å². The maximum absolute atomic E-state index is 13.0. The Balaban J connectivity index is 1.74. The molecule has 0 spiro atoms. The highest BCUT2D eigenvalue weighted by molar-refractivity contribution is 5.81. The lowest BCUT2D eigenvalue weighted by molar-refractivity contribution is -0.139. The summed E-state index contributed by atoms with van der Waals surface area (Å²) in [4.78, 5) is 15.1. The molecule has 0 aromatic heterocycles. The van der Waals surface area contributed by atoms with Gasteiger partial charge in [0.1, 0.15) is 0 Å². The molecule has 2 N–H and O–H groups in total. The third-order valence-electron chi connectivity index (χ3n) is 5.82. The van der Waals surface area contributed by atoms with E-state index in [4.69, 9.17) is 5.73 Å². The van der Waals surface area contributed by atoms with Crippen molar-refractivity contribution >= 4 is 5.91 Å². The van der Waals surface area contributed by atoms with Crippen LogP contribution in [0.5, 0.6) is 0 Å². The van der Waals surface area contributed by atoms with E-state index < -0.39 is 0 Å². The summed E-state index contributed by atoms with van der Waals surface area (Å²) < 4.78 is 0. The number of carbonyl (C=O) groups is 1. The summed E-state index contributed by atoms with van der Waals surface area (Å²) in [5.74, 6) is 0.742. The summed E-state index contributed by atoms with van der Waals surface area (Å²) in [6.07, 6.45) is 5.26. The highest BCUT2D eigenvalue weighted by Crippen LogP contribution is 2.38. The largest absolute Gasteiger partial charge is 0.339 e. The molecule has 3 heteroatoms. The van der Waals surface area contributed by atoms with Gasteiger partial charge in [0.2, 0.25) is 5.91 Å². The van der Waals surface area contributed by atoms with E-state index in [0.29, 0.717) is 5.92 Å². The minimum absolute atomic E-state index is 0.00165. The van der Waals surface area contributed by atoms with Crippen LogP contribution in [0.2, 0.25) is 0 Å². The molecule has 1 saturated heterocycles.